The van der Waals surface area contributed by atoms with E-state index < -0.39 is 0 Å². The van der Waals surface area contributed by atoms with Crippen molar-refractivity contribution < 1.29 is 9.53 Å². The van der Waals surface area contributed by atoms with E-state index >= 15 is 0 Å². The van der Waals surface area contributed by atoms with E-state index in [1.807, 2.05) is 50.2 Å². The van der Waals surface area contributed by atoms with Crippen LogP contribution in [0.3, 0.4) is 0 Å². The first-order chi connectivity index (χ1) is 14.5. The number of hydrogen-bond acceptors (Lipinski definition) is 6. The van der Waals surface area contributed by atoms with Gasteiger partial charge in [-0.05, 0) is 55.7 Å². The molecule has 30 heavy (non-hydrogen) atoms. The molecule has 0 atom stereocenters. The highest BCUT2D eigenvalue weighted by atomic mass is 16.5. The van der Waals surface area contributed by atoms with Crippen molar-refractivity contribution >= 4 is 11.6 Å². The van der Waals surface area contributed by atoms with Crippen molar-refractivity contribution in [3.63, 3.8) is 0 Å². The molecule has 1 amide bonds. The van der Waals surface area contributed by atoms with Crippen molar-refractivity contribution in [1.29, 1.82) is 0 Å². The average Bonchev–Trinajstić information content (AvgIpc) is 3.34. The normalized spacial score (nSPS) is 11.0. The van der Waals surface area contributed by atoms with Gasteiger partial charge in [-0.3, -0.25) is 4.79 Å². The SMILES string of the molecule is COc1ccc(CNC(=O)CCc2c(C)nn(-c3ccc4nncn4n3)c2C)cc1. The molecular formula is C21H23N7O2. The van der Waals surface area contributed by atoms with Gasteiger partial charge in [0, 0.05) is 18.7 Å². The summed E-state index contributed by atoms with van der Waals surface area (Å²) in [4.78, 5) is 12.3. The van der Waals surface area contributed by atoms with Gasteiger partial charge in [0.2, 0.25) is 5.91 Å². The Bertz CT molecular complexity index is 1180. The molecule has 4 rings (SSSR count). The second-order valence-electron chi connectivity index (χ2n) is 7.01. The number of aromatic nitrogens is 6. The number of amides is 1. The third kappa shape index (κ3) is 4.00. The molecular weight excluding hydrogens is 382 g/mol. The molecule has 1 N–H and O–H groups in total. The van der Waals surface area contributed by atoms with E-state index in [4.69, 9.17) is 4.74 Å². The zero-order chi connectivity index (χ0) is 21.1. The van der Waals surface area contributed by atoms with Gasteiger partial charge in [-0.15, -0.1) is 15.3 Å². The molecule has 9 heteroatoms. The van der Waals surface area contributed by atoms with Crippen molar-refractivity contribution in [2.45, 2.75) is 33.2 Å². The van der Waals surface area contributed by atoms with Crippen LogP contribution in [0.1, 0.15) is 28.9 Å². The minimum absolute atomic E-state index is 0.00130. The highest BCUT2D eigenvalue weighted by Gasteiger charge is 2.15. The van der Waals surface area contributed by atoms with Crippen molar-refractivity contribution in [2.75, 3.05) is 7.11 Å². The Hall–Kier alpha value is -3.75. The van der Waals surface area contributed by atoms with Crippen LogP contribution in [0, 0.1) is 13.8 Å². The Morgan fingerprint density at radius 1 is 1.10 bits per heavy atom. The number of nitrogens with zero attached hydrogens (tertiary/aromatic N) is 6. The van der Waals surface area contributed by atoms with Crippen molar-refractivity contribution in [1.82, 2.24) is 34.9 Å². The van der Waals surface area contributed by atoms with E-state index in [1.54, 1.807) is 22.6 Å². The molecule has 1 aromatic carbocycles. The predicted octanol–water partition coefficient (Wildman–Crippen LogP) is 2.18. The third-order valence-electron chi connectivity index (χ3n) is 5.06. The Kier molecular flexibility index (Phi) is 5.42. The van der Waals surface area contributed by atoms with Gasteiger partial charge < -0.3 is 10.1 Å². The van der Waals surface area contributed by atoms with Gasteiger partial charge in [0.15, 0.2) is 11.5 Å². The summed E-state index contributed by atoms with van der Waals surface area (Å²) in [7, 11) is 1.63. The largest absolute Gasteiger partial charge is 0.497 e. The van der Waals surface area contributed by atoms with Crippen molar-refractivity contribution in [2.24, 2.45) is 0 Å². The summed E-state index contributed by atoms with van der Waals surface area (Å²) in [5.41, 5.74) is 4.62. The van der Waals surface area contributed by atoms with E-state index in [1.165, 1.54) is 0 Å². The average molecular weight is 405 g/mol. The Balaban J connectivity index is 1.40. The summed E-state index contributed by atoms with van der Waals surface area (Å²) in [5.74, 6) is 1.48. The van der Waals surface area contributed by atoms with Gasteiger partial charge >= 0.3 is 0 Å². The maximum absolute atomic E-state index is 12.3. The second-order valence-corrected chi connectivity index (χ2v) is 7.01. The van der Waals surface area contributed by atoms with Crippen molar-refractivity contribution in [3.05, 3.63) is 65.2 Å². The zero-order valence-corrected chi connectivity index (χ0v) is 17.2. The molecule has 0 radical (unpaired) electrons. The third-order valence-corrected chi connectivity index (χ3v) is 5.06. The number of nitrogens with one attached hydrogen (secondary N) is 1. The quantitative estimate of drug-likeness (QED) is 0.506. The first kappa shape index (κ1) is 19.6. The molecule has 0 saturated heterocycles. The second kappa shape index (κ2) is 8.32. The van der Waals surface area contributed by atoms with Gasteiger partial charge in [-0.1, -0.05) is 12.1 Å². The first-order valence-corrected chi connectivity index (χ1v) is 9.67. The molecule has 0 unspecified atom stereocenters. The predicted molar refractivity (Wildman–Crippen MR) is 111 cm³/mol. The molecule has 3 aromatic heterocycles. The lowest BCUT2D eigenvalue weighted by Gasteiger charge is -2.07. The van der Waals surface area contributed by atoms with Crippen LogP contribution in [0.4, 0.5) is 0 Å². The minimum Gasteiger partial charge on any atom is -0.497 e. The van der Waals surface area contributed by atoms with Crippen LogP contribution in [0.15, 0.2) is 42.7 Å². The molecule has 0 aliphatic carbocycles. The fourth-order valence-corrected chi connectivity index (χ4v) is 3.36. The van der Waals surface area contributed by atoms with E-state index in [0.717, 1.165) is 28.3 Å². The topological polar surface area (TPSA) is 99.2 Å². The van der Waals surface area contributed by atoms with Crippen LogP contribution in [-0.2, 0) is 17.8 Å². The number of carbonyl (C=O) groups excluding carboxylic acids is 1. The number of methoxy groups -OCH3 is 1. The summed E-state index contributed by atoms with van der Waals surface area (Å²) in [5, 5.41) is 19.9. The summed E-state index contributed by atoms with van der Waals surface area (Å²) < 4.78 is 8.55. The van der Waals surface area contributed by atoms with Crippen LogP contribution in [0.2, 0.25) is 0 Å². The first-order valence-electron chi connectivity index (χ1n) is 9.67. The van der Waals surface area contributed by atoms with Gasteiger partial charge in [-0.2, -0.15) is 9.61 Å². The maximum atomic E-state index is 12.3. The molecule has 154 valence electrons. The summed E-state index contributed by atoms with van der Waals surface area (Å²) in [6, 6.07) is 11.3. The van der Waals surface area contributed by atoms with Crippen LogP contribution >= 0.6 is 0 Å². The van der Waals surface area contributed by atoms with Crippen LogP contribution in [-0.4, -0.2) is 42.6 Å². The Morgan fingerprint density at radius 2 is 1.90 bits per heavy atom. The maximum Gasteiger partial charge on any atom is 0.220 e. The standard InChI is InChI=1S/C21H23N7O2/c1-14-18(8-11-21(29)22-12-16-4-6-17(30-3)7-5-16)15(2)28(25-14)20-10-9-19-24-23-13-27(19)26-20/h4-7,9-10,13H,8,11-12H2,1-3H3,(H,22,29). The van der Waals surface area contributed by atoms with Gasteiger partial charge in [0.25, 0.3) is 0 Å². The molecule has 0 bridgehead atoms. The number of hydrogen-bond donors (Lipinski definition) is 1. The summed E-state index contributed by atoms with van der Waals surface area (Å²) >= 11 is 0. The van der Waals surface area contributed by atoms with Gasteiger partial charge in [-0.25, -0.2) is 4.68 Å². The van der Waals surface area contributed by atoms with Crippen molar-refractivity contribution in [3.8, 4) is 11.6 Å². The number of aryl methyl sites for hydroxylation is 1. The van der Waals surface area contributed by atoms with Crippen LogP contribution in [0.25, 0.3) is 11.5 Å². The number of fused-ring (bicyclic) bond motifs is 1. The van der Waals surface area contributed by atoms with E-state index in [-0.39, 0.29) is 5.91 Å². The van der Waals surface area contributed by atoms with Gasteiger partial charge in [0.1, 0.15) is 12.1 Å². The molecule has 0 aliphatic heterocycles. The fourth-order valence-electron chi connectivity index (χ4n) is 3.36. The number of benzene rings is 1. The molecule has 0 aliphatic rings. The zero-order valence-electron chi connectivity index (χ0n) is 17.2. The Morgan fingerprint density at radius 3 is 2.67 bits per heavy atom. The lowest BCUT2D eigenvalue weighted by molar-refractivity contribution is -0.121. The monoisotopic (exact) mass is 405 g/mol. The Labute approximate surface area is 173 Å². The minimum atomic E-state index is 0.00130. The highest BCUT2D eigenvalue weighted by Crippen LogP contribution is 2.18. The van der Waals surface area contributed by atoms with E-state index in [0.29, 0.717) is 30.9 Å². The molecule has 0 fully saturated rings. The fraction of sp³-hybridized carbons (Fsp3) is 0.286. The highest BCUT2D eigenvalue weighted by molar-refractivity contribution is 5.76. The van der Waals surface area contributed by atoms with Crippen LogP contribution in [0.5, 0.6) is 5.75 Å². The molecule has 3 heterocycles. The molecule has 0 saturated carbocycles. The van der Waals surface area contributed by atoms with Gasteiger partial charge in [0.05, 0.1) is 12.8 Å². The molecule has 9 nitrogen and oxygen atoms in total. The summed E-state index contributed by atoms with van der Waals surface area (Å²) in [6.07, 6.45) is 2.56. The molecule has 4 aromatic rings. The lowest BCUT2D eigenvalue weighted by Crippen LogP contribution is -2.23. The smallest absolute Gasteiger partial charge is 0.220 e. The van der Waals surface area contributed by atoms with Crippen LogP contribution < -0.4 is 10.1 Å². The van der Waals surface area contributed by atoms with E-state index in [9.17, 15) is 4.79 Å². The molecule has 0 spiro atoms. The van der Waals surface area contributed by atoms with E-state index in [2.05, 4.69) is 25.7 Å². The number of carbonyl (C=O) groups is 1. The number of ether oxygens (including phenoxy) is 1. The lowest BCUT2D eigenvalue weighted by atomic mass is 10.1. The summed E-state index contributed by atoms with van der Waals surface area (Å²) in [6.45, 7) is 4.43. The number of rotatable bonds is 7.